The van der Waals surface area contributed by atoms with E-state index in [4.69, 9.17) is 16.3 Å². The molecule has 2 rings (SSSR count). The van der Waals surface area contributed by atoms with Crippen molar-refractivity contribution in [3.8, 4) is 5.75 Å². The fourth-order valence-electron chi connectivity index (χ4n) is 1.90. The smallest absolute Gasteiger partial charge is 0.271 e. The van der Waals surface area contributed by atoms with Crippen molar-refractivity contribution >= 4 is 17.5 Å². The molecular weight excluding hydrogens is 290 g/mol. The topological polar surface area (TPSA) is 64.1 Å². The van der Waals surface area contributed by atoms with E-state index >= 15 is 0 Å². The van der Waals surface area contributed by atoms with Crippen LogP contribution in [0.1, 0.15) is 21.6 Å². The summed E-state index contributed by atoms with van der Waals surface area (Å²) in [6, 6.07) is 3.76. The highest BCUT2D eigenvalue weighted by Gasteiger charge is 2.09. The SMILES string of the molecule is COc1cc(C)c(Cl)cc1CCNC(=O)c1cnccn1. The number of hydrogen-bond acceptors (Lipinski definition) is 4. The summed E-state index contributed by atoms with van der Waals surface area (Å²) in [5, 5.41) is 3.48. The molecule has 0 atom stereocenters. The van der Waals surface area contributed by atoms with Crippen molar-refractivity contribution < 1.29 is 9.53 Å². The van der Waals surface area contributed by atoms with Crippen LogP contribution in [0.4, 0.5) is 0 Å². The van der Waals surface area contributed by atoms with Crippen molar-refractivity contribution in [3.63, 3.8) is 0 Å². The molecule has 0 aliphatic heterocycles. The first-order valence-electron chi connectivity index (χ1n) is 6.49. The van der Waals surface area contributed by atoms with E-state index < -0.39 is 0 Å². The molecule has 0 bridgehead atoms. The Bertz CT molecular complexity index is 632. The minimum atomic E-state index is -0.250. The normalized spacial score (nSPS) is 10.2. The van der Waals surface area contributed by atoms with Crippen LogP contribution >= 0.6 is 11.6 Å². The van der Waals surface area contributed by atoms with Crippen LogP contribution in [-0.2, 0) is 6.42 Å². The average molecular weight is 306 g/mol. The molecule has 1 amide bonds. The molecule has 0 spiro atoms. The Balaban J connectivity index is 1.98. The molecule has 21 heavy (non-hydrogen) atoms. The molecule has 0 radical (unpaired) electrons. The Labute approximate surface area is 128 Å². The summed E-state index contributed by atoms with van der Waals surface area (Å²) in [4.78, 5) is 19.6. The van der Waals surface area contributed by atoms with Crippen LogP contribution in [0.15, 0.2) is 30.7 Å². The van der Waals surface area contributed by atoms with E-state index in [1.807, 2.05) is 19.1 Å². The third-order valence-corrected chi connectivity index (χ3v) is 3.44. The standard InChI is InChI=1S/C15H16ClN3O2/c1-10-7-14(21-2)11(8-12(10)16)3-4-19-15(20)13-9-17-5-6-18-13/h5-9H,3-4H2,1-2H3,(H,19,20). The van der Waals surface area contributed by atoms with Gasteiger partial charge in [-0.1, -0.05) is 11.6 Å². The van der Waals surface area contributed by atoms with Crippen molar-refractivity contribution in [1.29, 1.82) is 0 Å². The van der Waals surface area contributed by atoms with E-state index in [2.05, 4.69) is 15.3 Å². The van der Waals surface area contributed by atoms with Gasteiger partial charge in [-0.05, 0) is 36.6 Å². The van der Waals surface area contributed by atoms with Gasteiger partial charge in [0.25, 0.3) is 5.91 Å². The predicted octanol–water partition coefficient (Wildman–Crippen LogP) is 2.42. The van der Waals surface area contributed by atoms with Gasteiger partial charge in [-0.15, -0.1) is 0 Å². The predicted molar refractivity (Wildman–Crippen MR) is 80.8 cm³/mol. The van der Waals surface area contributed by atoms with Crippen LogP contribution in [0.3, 0.4) is 0 Å². The van der Waals surface area contributed by atoms with E-state index in [1.165, 1.54) is 18.6 Å². The minimum absolute atomic E-state index is 0.250. The van der Waals surface area contributed by atoms with Crippen molar-refractivity contribution in [2.75, 3.05) is 13.7 Å². The van der Waals surface area contributed by atoms with Gasteiger partial charge in [-0.3, -0.25) is 9.78 Å². The van der Waals surface area contributed by atoms with Gasteiger partial charge in [0.15, 0.2) is 0 Å². The van der Waals surface area contributed by atoms with Gasteiger partial charge in [-0.25, -0.2) is 4.98 Å². The zero-order chi connectivity index (χ0) is 15.2. The van der Waals surface area contributed by atoms with Crippen molar-refractivity contribution in [3.05, 3.63) is 52.6 Å². The molecule has 0 saturated carbocycles. The number of nitrogens with zero attached hydrogens (tertiary/aromatic N) is 2. The Kier molecular flexibility index (Phi) is 5.11. The van der Waals surface area contributed by atoms with E-state index in [0.29, 0.717) is 23.7 Å². The Morgan fingerprint density at radius 1 is 1.38 bits per heavy atom. The molecule has 0 aliphatic rings. The maximum absolute atomic E-state index is 11.8. The summed E-state index contributed by atoms with van der Waals surface area (Å²) >= 11 is 6.12. The number of benzene rings is 1. The van der Waals surface area contributed by atoms with Crippen molar-refractivity contribution in [2.45, 2.75) is 13.3 Å². The second-order valence-electron chi connectivity index (χ2n) is 4.51. The number of carbonyl (C=O) groups excluding carboxylic acids is 1. The van der Waals surface area contributed by atoms with Crippen molar-refractivity contribution in [1.82, 2.24) is 15.3 Å². The van der Waals surface area contributed by atoms with Crippen molar-refractivity contribution in [2.24, 2.45) is 0 Å². The zero-order valence-electron chi connectivity index (χ0n) is 11.9. The molecule has 6 heteroatoms. The lowest BCUT2D eigenvalue weighted by molar-refractivity contribution is 0.0948. The summed E-state index contributed by atoms with van der Waals surface area (Å²) < 4.78 is 5.33. The lowest BCUT2D eigenvalue weighted by Crippen LogP contribution is -2.26. The quantitative estimate of drug-likeness (QED) is 0.921. The third kappa shape index (κ3) is 3.92. The number of amides is 1. The molecule has 0 unspecified atom stereocenters. The molecule has 2 aromatic rings. The first kappa shape index (κ1) is 15.3. The maximum atomic E-state index is 11.8. The van der Waals surface area contributed by atoms with Crippen LogP contribution in [0.5, 0.6) is 5.75 Å². The summed E-state index contributed by atoms with van der Waals surface area (Å²) in [7, 11) is 1.62. The van der Waals surface area contributed by atoms with Crippen LogP contribution < -0.4 is 10.1 Å². The van der Waals surface area contributed by atoms with Crippen LogP contribution in [0.2, 0.25) is 5.02 Å². The number of aryl methyl sites for hydroxylation is 1. The fraction of sp³-hybridized carbons (Fsp3) is 0.267. The maximum Gasteiger partial charge on any atom is 0.271 e. The van der Waals surface area contributed by atoms with E-state index in [1.54, 1.807) is 7.11 Å². The van der Waals surface area contributed by atoms with Crippen LogP contribution in [0, 0.1) is 6.92 Å². The van der Waals surface area contributed by atoms with Gasteiger partial charge in [-0.2, -0.15) is 0 Å². The van der Waals surface area contributed by atoms with Gasteiger partial charge < -0.3 is 10.1 Å². The highest BCUT2D eigenvalue weighted by Crippen LogP contribution is 2.26. The molecule has 0 fully saturated rings. The molecular formula is C15H16ClN3O2. The molecule has 110 valence electrons. The molecule has 0 saturated heterocycles. The number of ether oxygens (including phenoxy) is 1. The largest absolute Gasteiger partial charge is 0.496 e. The number of rotatable bonds is 5. The van der Waals surface area contributed by atoms with E-state index in [9.17, 15) is 4.79 Å². The highest BCUT2D eigenvalue weighted by molar-refractivity contribution is 6.31. The van der Waals surface area contributed by atoms with Gasteiger partial charge in [0, 0.05) is 24.0 Å². The van der Waals surface area contributed by atoms with Gasteiger partial charge in [0.05, 0.1) is 13.3 Å². The van der Waals surface area contributed by atoms with Crippen LogP contribution in [-0.4, -0.2) is 29.5 Å². The Hall–Kier alpha value is -2.14. The monoisotopic (exact) mass is 305 g/mol. The van der Waals surface area contributed by atoms with E-state index in [0.717, 1.165) is 16.9 Å². The summed E-state index contributed by atoms with van der Waals surface area (Å²) in [6.07, 6.45) is 5.06. The Morgan fingerprint density at radius 3 is 2.86 bits per heavy atom. The van der Waals surface area contributed by atoms with E-state index in [-0.39, 0.29) is 5.91 Å². The first-order valence-corrected chi connectivity index (χ1v) is 6.87. The third-order valence-electron chi connectivity index (χ3n) is 3.04. The second-order valence-corrected chi connectivity index (χ2v) is 4.92. The molecule has 5 nitrogen and oxygen atoms in total. The summed E-state index contributed by atoms with van der Waals surface area (Å²) in [5.41, 5.74) is 2.21. The summed E-state index contributed by atoms with van der Waals surface area (Å²) in [5.74, 6) is 0.519. The number of hydrogen-bond donors (Lipinski definition) is 1. The number of methoxy groups -OCH3 is 1. The minimum Gasteiger partial charge on any atom is -0.496 e. The first-order chi connectivity index (χ1) is 10.1. The molecule has 0 aliphatic carbocycles. The molecule has 1 N–H and O–H groups in total. The van der Waals surface area contributed by atoms with Crippen LogP contribution in [0.25, 0.3) is 0 Å². The number of halogens is 1. The van der Waals surface area contributed by atoms with Gasteiger partial charge in [0.2, 0.25) is 0 Å². The highest BCUT2D eigenvalue weighted by atomic mass is 35.5. The molecule has 1 heterocycles. The second kappa shape index (κ2) is 7.04. The summed E-state index contributed by atoms with van der Waals surface area (Å²) in [6.45, 7) is 2.38. The lowest BCUT2D eigenvalue weighted by atomic mass is 10.1. The molecule has 1 aromatic heterocycles. The van der Waals surface area contributed by atoms with Gasteiger partial charge in [0.1, 0.15) is 11.4 Å². The number of aromatic nitrogens is 2. The van der Waals surface area contributed by atoms with Gasteiger partial charge >= 0.3 is 0 Å². The number of carbonyl (C=O) groups is 1. The number of nitrogens with one attached hydrogen (secondary N) is 1. The Morgan fingerprint density at radius 2 is 2.19 bits per heavy atom. The average Bonchev–Trinajstić information content (AvgIpc) is 2.51. The lowest BCUT2D eigenvalue weighted by Gasteiger charge is -2.11. The molecule has 1 aromatic carbocycles. The fourth-order valence-corrected chi connectivity index (χ4v) is 2.09. The zero-order valence-corrected chi connectivity index (χ0v) is 12.6.